The lowest BCUT2D eigenvalue weighted by molar-refractivity contribution is -0.118. The van der Waals surface area contributed by atoms with Crippen molar-refractivity contribution >= 4 is 18.0 Å². The molecule has 18 heavy (non-hydrogen) atoms. The van der Waals surface area contributed by atoms with Crippen LogP contribution in [0, 0.1) is 0 Å². The van der Waals surface area contributed by atoms with Gasteiger partial charge in [0.15, 0.2) is 0 Å². The van der Waals surface area contributed by atoms with Gasteiger partial charge in [0.25, 0.3) is 0 Å². The summed E-state index contributed by atoms with van der Waals surface area (Å²) < 4.78 is 80.6. The Kier molecular flexibility index (Phi) is 1.01. The first-order chi connectivity index (χ1) is 12.9. The highest BCUT2D eigenvalue weighted by molar-refractivity contribution is 5.91. The highest BCUT2D eigenvalue weighted by atomic mass is 16.1. The Hall–Kier alpha value is -2.35. The van der Waals surface area contributed by atoms with Crippen molar-refractivity contribution < 1.29 is 18.5 Å². The van der Waals surface area contributed by atoms with Crippen LogP contribution >= 0.6 is 0 Å². The van der Waals surface area contributed by atoms with Crippen LogP contribution in [0.5, 0.6) is 0 Å². The Morgan fingerprint density at radius 1 is 0.944 bits per heavy atom. The normalized spacial score (nSPS) is 22.4. The van der Waals surface area contributed by atoms with Crippen molar-refractivity contribution in [2.75, 3.05) is 0 Å². The molecule has 0 radical (unpaired) electrons. The molecule has 1 amide bonds. The van der Waals surface area contributed by atoms with Gasteiger partial charge in [-0.15, -0.1) is 0 Å². The van der Waals surface area contributed by atoms with Gasteiger partial charge in [-0.2, -0.15) is 0 Å². The van der Waals surface area contributed by atoms with Gasteiger partial charge in [0.2, 0.25) is 5.91 Å². The summed E-state index contributed by atoms with van der Waals surface area (Å²) in [5.41, 5.74) is 3.88. The Morgan fingerprint density at radius 3 is 1.83 bits per heavy atom. The number of benzene rings is 2. The molecule has 2 heteroatoms. The molecule has 2 N–H and O–H groups in total. The lowest BCUT2D eigenvalue weighted by Crippen LogP contribution is -2.23. The molecule has 0 aliphatic heterocycles. The molecule has 0 bridgehead atoms. The molecular formula is C16H13NO. The molecule has 0 spiro atoms. The van der Waals surface area contributed by atoms with Gasteiger partial charge < -0.3 is 5.73 Å². The van der Waals surface area contributed by atoms with Crippen molar-refractivity contribution in [3.8, 4) is 0 Å². The molecule has 0 atom stereocenters. The van der Waals surface area contributed by atoms with Crippen LogP contribution in [-0.4, -0.2) is 5.91 Å². The number of rotatable bonds is 1. The van der Waals surface area contributed by atoms with Crippen LogP contribution in [0.15, 0.2) is 48.3 Å². The van der Waals surface area contributed by atoms with Gasteiger partial charge in [-0.25, -0.2) is 0 Å². The van der Waals surface area contributed by atoms with Gasteiger partial charge in [-0.3, -0.25) is 4.79 Å². The summed E-state index contributed by atoms with van der Waals surface area (Å²) in [4.78, 5) is 12.3. The van der Waals surface area contributed by atoms with Crippen LogP contribution < -0.4 is 5.73 Å². The fourth-order valence-electron chi connectivity index (χ4n) is 1.83. The third-order valence-corrected chi connectivity index (χ3v) is 2.61. The summed E-state index contributed by atoms with van der Waals surface area (Å²) in [6.45, 7) is 0. The summed E-state index contributed by atoms with van der Waals surface area (Å²) >= 11 is 0. The maximum absolute atomic E-state index is 12.3. The summed E-state index contributed by atoms with van der Waals surface area (Å²) in [6.07, 6.45) is 0. The summed E-state index contributed by atoms with van der Waals surface area (Å²) in [5, 5.41) is 0. The van der Waals surface area contributed by atoms with Crippen LogP contribution in [0.25, 0.3) is 12.1 Å². The molecule has 2 aromatic carbocycles. The second-order valence-electron chi connectivity index (χ2n) is 3.66. The topological polar surface area (TPSA) is 43.1 Å². The molecule has 0 unspecified atom stereocenters. The van der Waals surface area contributed by atoms with E-state index in [1.54, 1.807) is 0 Å². The van der Waals surface area contributed by atoms with Crippen molar-refractivity contribution in [1.29, 1.82) is 0 Å². The smallest absolute Gasteiger partial charge is 0.229 e. The first-order valence-corrected chi connectivity index (χ1v) is 5.11. The van der Waals surface area contributed by atoms with Crippen LogP contribution in [0.1, 0.15) is 41.9 Å². The van der Waals surface area contributed by atoms with Crippen molar-refractivity contribution in [3.63, 3.8) is 0 Å². The van der Waals surface area contributed by atoms with Crippen LogP contribution in [0.4, 0.5) is 0 Å². The lowest BCUT2D eigenvalue weighted by atomic mass is 9.87. The molecule has 2 nitrogen and oxygen atoms in total. The van der Waals surface area contributed by atoms with Crippen LogP contribution in [0.3, 0.4) is 0 Å². The molecule has 0 aromatic heterocycles. The quantitative estimate of drug-likeness (QED) is 0.825. The van der Waals surface area contributed by atoms with E-state index in [2.05, 4.69) is 0 Å². The minimum absolute atomic E-state index is 0.378. The molecule has 1 aliphatic rings. The zero-order chi connectivity index (χ0) is 21.2. The SMILES string of the molecule is [2H]C1=C([2H])c2c([2H])c([2H])c([2H])c([2H])c2C(C(N)=O)c2c([2H])c([2H])c([2H])c([2H])c21. The van der Waals surface area contributed by atoms with Gasteiger partial charge in [0.1, 0.15) is 0 Å². The standard InChI is InChI=1S/C16H13NO/c17-16(18)15-13-7-3-1-5-11(13)9-10-12-6-2-4-8-14(12)15/h1-10,15H,(H2,17,18)/i1D,2D,3D,4D,5D,6D,7D,8D,9D,10D. The third kappa shape index (κ3) is 1.63. The zero-order valence-corrected chi connectivity index (χ0v) is 9.06. The average Bonchev–Trinajstić information content (AvgIpc) is 2.74. The molecule has 1 aliphatic carbocycles. The second-order valence-corrected chi connectivity index (χ2v) is 3.66. The van der Waals surface area contributed by atoms with Crippen molar-refractivity contribution in [2.45, 2.75) is 5.92 Å². The highest BCUT2D eigenvalue weighted by Gasteiger charge is 2.25. The number of hydrogen-bond donors (Lipinski definition) is 1. The van der Waals surface area contributed by atoms with Crippen molar-refractivity contribution in [3.05, 3.63) is 70.6 Å². The molecular weight excluding hydrogens is 222 g/mol. The second kappa shape index (κ2) is 4.15. The number of carbonyl (C=O) groups excluding carboxylic acids is 1. The third-order valence-electron chi connectivity index (χ3n) is 2.61. The zero-order valence-electron chi connectivity index (χ0n) is 19.1. The molecule has 3 rings (SSSR count). The Morgan fingerprint density at radius 2 is 1.39 bits per heavy atom. The molecule has 0 saturated carbocycles. The number of amides is 1. The molecule has 0 heterocycles. The van der Waals surface area contributed by atoms with Crippen molar-refractivity contribution in [2.24, 2.45) is 5.73 Å². The van der Waals surface area contributed by atoms with Crippen LogP contribution in [-0.2, 0) is 4.79 Å². The van der Waals surface area contributed by atoms with E-state index in [0.29, 0.717) is 0 Å². The minimum atomic E-state index is -1.68. The summed E-state index contributed by atoms with van der Waals surface area (Å²) in [6, 6.07) is -6.69. The Bertz CT molecular complexity index is 1030. The number of primary amides is 1. The summed E-state index contributed by atoms with van der Waals surface area (Å²) in [5.74, 6) is -2.81. The van der Waals surface area contributed by atoms with E-state index >= 15 is 0 Å². The monoisotopic (exact) mass is 245 g/mol. The molecule has 0 saturated heterocycles. The fourth-order valence-corrected chi connectivity index (χ4v) is 1.83. The van der Waals surface area contributed by atoms with E-state index in [0.717, 1.165) is 0 Å². The molecule has 2 aromatic rings. The predicted molar refractivity (Wildman–Crippen MR) is 72.8 cm³/mol. The molecule has 88 valence electrons. The first kappa shape index (κ1) is 4.39. The first-order valence-electron chi connectivity index (χ1n) is 10.1. The van der Waals surface area contributed by atoms with E-state index in [1.165, 1.54) is 0 Å². The maximum atomic E-state index is 12.3. The van der Waals surface area contributed by atoms with E-state index in [4.69, 9.17) is 19.4 Å². The van der Waals surface area contributed by atoms with Gasteiger partial charge >= 0.3 is 0 Å². The fraction of sp³-hybridized carbons (Fsp3) is 0.0625. The number of nitrogens with two attached hydrogens (primary N) is 1. The highest BCUT2D eigenvalue weighted by Crippen LogP contribution is 2.33. The Balaban J connectivity index is 2.69. The maximum Gasteiger partial charge on any atom is 0.229 e. The predicted octanol–water partition coefficient (Wildman–Crippen LogP) is 2.79. The minimum Gasteiger partial charge on any atom is -0.369 e. The van der Waals surface area contributed by atoms with Gasteiger partial charge in [0.05, 0.1) is 19.6 Å². The van der Waals surface area contributed by atoms with E-state index in [-0.39, 0.29) is 11.1 Å². The van der Waals surface area contributed by atoms with E-state index in [9.17, 15) is 4.79 Å². The number of fused-ring (bicyclic) bond motifs is 2. The van der Waals surface area contributed by atoms with Crippen molar-refractivity contribution in [1.82, 2.24) is 0 Å². The van der Waals surface area contributed by atoms with E-state index < -0.39 is 83.4 Å². The largest absolute Gasteiger partial charge is 0.369 e. The average molecular weight is 245 g/mol. The Labute approximate surface area is 120 Å². The van der Waals surface area contributed by atoms with Gasteiger partial charge in [-0.1, -0.05) is 60.4 Å². The number of hydrogen-bond acceptors (Lipinski definition) is 1. The van der Waals surface area contributed by atoms with Gasteiger partial charge in [0, 0.05) is 0 Å². The lowest BCUT2D eigenvalue weighted by Gasteiger charge is -2.16. The van der Waals surface area contributed by atoms with E-state index in [1.807, 2.05) is 0 Å². The number of carbonyl (C=O) groups is 1. The van der Waals surface area contributed by atoms with Gasteiger partial charge in [-0.05, 0) is 22.3 Å². The van der Waals surface area contributed by atoms with Crippen LogP contribution in [0.2, 0.25) is 0 Å². The molecule has 0 fully saturated rings. The summed E-state index contributed by atoms with van der Waals surface area (Å²) in [7, 11) is 0.